The van der Waals surface area contributed by atoms with E-state index >= 15 is 0 Å². The minimum atomic E-state index is 0.459. The lowest BCUT2D eigenvalue weighted by Gasteiger charge is -2.03. The smallest absolute Gasteiger partial charge is 0.238 e. The van der Waals surface area contributed by atoms with Gasteiger partial charge in [-0.1, -0.05) is 0 Å². The molecule has 4 nitrogen and oxygen atoms in total. The van der Waals surface area contributed by atoms with Gasteiger partial charge in [-0.3, -0.25) is 4.98 Å². The molecule has 0 aliphatic carbocycles. The number of rotatable bonds is 2. The quantitative estimate of drug-likeness (QED) is 0.838. The van der Waals surface area contributed by atoms with Crippen LogP contribution in [-0.2, 0) is 0 Å². The molecular weight excluding hydrogens is 258 g/mol. The molecule has 76 valence electrons. The van der Waals surface area contributed by atoms with E-state index in [9.17, 15) is 0 Å². The standard InChI is InChI=1S/C10H8BrN3O/c1-7-2-3-10(14-13-7)15-9-4-8(11)5-12-6-9/h2-6H,1H3. The molecule has 0 bridgehead atoms. The van der Waals surface area contributed by atoms with Crippen LogP contribution in [-0.4, -0.2) is 15.2 Å². The van der Waals surface area contributed by atoms with E-state index in [1.807, 2.05) is 19.1 Å². The molecule has 0 radical (unpaired) electrons. The van der Waals surface area contributed by atoms with Crippen molar-refractivity contribution in [1.82, 2.24) is 15.2 Å². The van der Waals surface area contributed by atoms with Gasteiger partial charge in [0.15, 0.2) is 0 Å². The van der Waals surface area contributed by atoms with Crippen molar-refractivity contribution < 1.29 is 4.74 Å². The number of ether oxygens (including phenoxy) is 1. The monoisotopic (exact) mass is 265 g/mol. The Morgan fingerprint density at radius 3 is 2.73 bits per heavy atom. The number of aryl methyl sites for hydroxylation is 1. The Balaban J connectivity index is 2.18. The van der Waals surface area contributed by atoms with Gasteiger partial charge < -0.3 is 4.74 Å². The van der Waals surface area contributed by atoms with E-state index in [4.69, 9.17) is 4.74 Å². The largest absolute Gasteiger partial charge is 0.436 e. The van der Waals surface area contributed by atoms with Crippen LogP contribution in [0.3, 0.4) is 0 Å². The van der Waals surface area contributed by atoms with Crippen LogP contribution >= 0.6 is 15.9 Å². The van der Waals surface area contributed by atoms with Crippen molar-refractivity contribution in [3.63, 3.8) is 0 Å². The number of halogens is 1. The van der Waals surface area contributed by atoms with Crippen molar-refractivity contribution >= 4 is 15.9 Å². The van der Waals surface area contributed by atoms with E-state index in [1.54, 1.807) is 18.5 Å². The molecule has 15 heavy (non-hydrogen) atoms. The van der Waals surface area contributed by atoms with E-state index < -0.39 is 0 Å². The van der Waals surface area contributed by atoms with E-state index in [-0.39, 0.29) is 0 Å². The molecular formula is C10H8BrN3O. The van der Waals surface area contributed by atoms with E-state index in [0.717, 1.165) is 10.2 Å². The second kappa shape index (κ2) is 4.35. The third-order valence-electron chi connectivity index (χ3n) is 1.68. The van der Waals surface area contributed by atoms with Gasteiger partial charge in [0, 0.05) is 16.7 Å². The van der Waals surface area contributed by atoms with Crippen LogP contribution in [0.15, 0.2) is 35.1 Å². The highest BCUT2D eigenvalue weighted by atomic mass is 79.9. The van der Waals surface area contributed by atoms with Gasteiger partial charge >= 0.3 is 0 Å². The van der Waals surface area contributed by atoms with Gasteiger partial charge in [-0.25, -0.2) is 0 Å². The van der Waals surface area contributed by atoms with Crippen LogP contribution in [0.1, 0.15) is 5.69 Å². The first kappa shape index (κ1) is 10.0. The first-order valence-electron chi connectivity index (χ1n) is 4.33. The molecule has 0 saturated heterocycles. The fourth-order valence-corrected chi connectivity index (χ4v) is 1.35. The fourth-order valence-electron chi connectivity index (χ4n) is 1.01. The Hall–Kier alpha value is -1.49. The minimum absolute atomic E-state index is 0.459. The fraction of sp³-hybridized carbons (Fsp3) is 0.100. The Labute approximate surface area is 95.5 Å². The zero-order valence-corrected chi connectivity index (χ0v) is 9.60. The molecule has 2 heterocycles. The Morgan fingerprint density at radius 2 is 2.07 bits per heavy atom. The van der Waals surface area contributed by atoms with Crippen molar-refractivity contribution in [2.75, 3.05) is 0 Å². The van der Waals surface area contributed by atoms with E-state index in [2.05, 4.69) is 31.1 Å². The molecule has 0 aliphatic heterocycles. The normalized spacial score (nSPS) is 10.0. The molecule has 0 amide bonds. The van der Waals surface area contributed by atoms with Crippen LogP contribution < -0.4 is 4.74 Å². The number of hydrogen-bond donors (Lipinski definition) is 0. The summed E-state index contributed by atoms with van der Waals surface area (Å²) in [5, 5.41) is 7.78. The molecule has 0 fully saturated rings. The molecule has 5 heteroatoms. The topological polar surface area (TPSA) is 47.9 Å². The Bertz CT molecular complexity index is 458. The summed E-state index contributed by atoms with van der Waals surface area (Å²) >= 11 is 3.31. The summed E-state index contributed by atoms with van der Waals surface area (Å²) < 4.78 is 6.31. The van der Waals surface area contributed by atoms with Crippen LogP contribution in [0.5, 0.6) is 11.6 Å². The highest BCUT2D eigenvalue weighted by Crippen LogP contribution is 2.20. The van der Waals surface area contributed by atoms with Gasteiger partial charge in [0.25, 0.3) is 0 Å². The lowest BCUT2D eigenvalue weighted by atomic mass is 10.4. The molecule has 0 atom stereocenters. The molecule has 0 aromatic carbocycles. The maximum absolute atomic E-state index is 5.45. The number of aromatic nitrogens is 3. The first-order chi connectivity index (χ1) is 7.24. The average molecular weight is 266 g/mol. The molecule has 0 saturated carbocycles. The summed E-state index contributed by atoms with van der Waals surface area (Å²) in [6, 6.07) is 5.42. The van der Waals surface area contributed by atoms with Crippen LogP contribution in [0.4, 0.5) is 0 Å². The molecule has 2 rings (SSSR count). The zero-order chi connectivity index (χ0) is 10.7. The SMILES string of the molecule is Cc1ccc(Oc2cncc(Br)c2)nn1. The van der Waals surface area contributed by atoms with Gasteiger partial charge in [-0.15, -0.1) is 5.10 Å². The molecule has 2 aromatic heterocycles. The summed E-state index contributed by atoms with van der Waals surface area (Å²) in [7, 11) is 0. The van der Waals surface area contributed by atoms with Gasteiger partial charge in [0.2, 0.25) is 5.88 Å². The van der Waals surface area contributed by atoms with Crippen LogP contribution in [0.25, 0.3) is 0 Å². The molecule has 0 unspecified atom stereocenters. The average Bonchev–Trinajstić information content (AvgIpc) is 2.22. The number of pyridine rings is 1. The summed E-state index contributed by atoms with van der Waals surface area (Å²) in [4.78, 5) is 3.98. The van der Waals surface area contributed by atoms with Crippen LogP contribution in [0.2, 0.25) is 0 Å². The predicted molar refractivity (Wildman–Crippen MR) is 58.8 cm³/mol. The maximum atomic E-state index is 5.45. The van der Waals surface area contributed by atoms with Gasteiger partial charge in [-0.2, -0.15) is 5.10 Å². The van der Waals surface area contributed by atoms with Crippen LogP contribution in [0, 0.1) is 6.92 Å². The van der Waals surface area contributed by atoms with Crippen molar-refractivity contribution in [2.24, 2.45) is 0 Å². The molecule has 2 aromatic rings. The van der Waals surface area contributed by atoms with Gasteiger partial charge in [0.1, 0.15) is 5.75 Å². The van der Waals surface area contributed by atoms with Crippen molar-refractivity contribution in [3.8, 4) is 11.6 Å². The van der Waals surface area contributed by atoms with Gasteiger partial charge in [-0.05, 0) is 35.0 Å². The van der Waals surface area contributed by atoms with Crippen molar-refractivity contribution in [1.29, 1.82) is 0 Å². The van der Waals surface area contributed by atoms with Gasteiger partial charge in [0.05, 0.1) is 11.9 Å². The molecule has 0 aliphatic rings. The lowest BCUT2D eigenvalue weighted by Crippen LogP contribution is -1.92. The highest BCUT2D eigenvalue weighted by Gasteiger charge is 1.99. The summed E-state index contributed by atoms with van der Waals surface area (Å²) in [6.45, 7) is 1.87. The highest BCUT2D eigenvalue weighted by molar-refractivity contribution is 9.10. The number of nitrogens with zero attached hydrogens (tertiary/aromatic N) is 3. The van der Waals surface area contributed by atoms with E-state index in [1.165, 1.54) is 0 Å². The second-order valence-corrected chi connectivity index (χ2v) is 3.87. The van der Waals surface area contributed by atoms with Crippen molar-refractivity contribution in [3.05, 3.63) is 40.8 Å². The predicted octanol–water partition coefficient (Wildman–Crippen LogP) is 2.73. The van der Waals surface area contributed by atoms with Crippen molar-refractivity contribution in [2.45, 2.75) is 6.92 Å². The third-order valence-corrected chi connectivity index (χ3v) is 2.11. The second-order valence-electron chi connectivity index (χ2n) is 2.95. The molecule has 0 spiro atoms. The Kier molecular flexibility index (Phi) is 2.91. The maximum Gasteiger partial charge on any atom is 0.238 e. The Morgan fingerprint density at radius 1 is 1.20 bits per heavy atom. The zero-order valence-electron chi connectivity index (χ0n) is 8.01. The first-order valence-corrected chi connectivity index (χ1v) is 5.12. The lowest BCUT2D eigenvalue weighted by molar-refractivity contribution is 0.452. The minimum Gasteiger partial charge on any atom is -0.436 e. The third kappa shape index (κ3) is 2.73. The molecule has 0 N–H and O–H groups in total. The van der Waals surface area contributed by atoms with E-state index in [0.29, 0.717) is 11.6 Å². The summed E-state index contributed by atoms with van der Waals surface area (Å²) in [6.07, 6.45) is 3.31. The summed E-state index contributed by atoms with van der Waals surface area (Å²) in [5.74, 6) is 1.09. The summed E-state index contributed by atoms with van der Waals surface area (Å²) in [5.41, 5.74) is 0.856. The number of hydrogen-bond acceptors (Lipinski definition) is 4.